The first-order chi connectivity index (χ1) is 15.0. The first-order valence-electron chi connectivity index (χ1n) is 10.2. The van der Waals surface area contributed by atoms with E-state index in [0.29, 0.717) is 43.2 Å². The Balaban J connectivity index is 1.42. The number of carbonyl (C=O) groups excluding carboxylic acids is 1. The third-order valence-electron chi connectivity index (χ3n) is 5.11. The van der Waals surface area contributed by atoms with Crippen LogP contribution in [-0.4, -0.2) is 50.2 Å². The number of aromatic nitrogens is 1. The van der Waals surface area contributed by atoms with Crippen molar-refractivity contribution in [3.8, 4) is 17.2 Å². The molecule has 7 nitrogen and oxygen atoms in total. The molecule has 0 bridgehead atoms. The summed E-state index contributed by atoms with van der Waals surface area (Å²) in [7, 11) is 5.03. The van der Waals surface area contributed by atoms with Gasteiger partial charge in [0, 0.05) is 37.0 Å². The number of ether oxygens (including phenoxy) is 3. The fourth-order valence-corrected chi connectivity index (χ4v) is 3.28. The summed E-state index contributed by atoms with van der Waals surface area (Å²) in [5.41, 5.74) is 1.72. The molecule has 1 N–H and O–H groups in total. The molecule has 164 valence electrons. The number of hydrogen-bond donors (Lipinski definition) is 1. The average molecular weight is 424 g/mol. The topological polar surface area (TPSA) is 80.9 Å². The number of nitrogens with one attached hydrogen (secondary N) is 1. The maximum Gasteiger partial charge on any atom is 0.248 e. The predicted molar refractivity (Wildman–Crippen MR) is 120 cm³/mol. The molecule has 3 rings (SSSR count). The van der Waals surface area contributed by atoms with Crippen LogP contribution < -0.4 is 19.8 Å². The molecule has 0 fully saturated rings. The zero-order valence-corrected chi connectivity index (χ0v) is 18.1. The molecule has 31 heavy (non-hydrogen) atoms. The summed E-state index contributed by atoms with van der Waals surface area (Å²) in [6.07, 6.45) is 1.78. The van der Waals surface area contributed by atoms with Gasteiger partial charge in [0.15, 0.2) is 11.5 Å². The third-order valence-corrected chi connectivity index (χ3v) is 5.11. The van der Waals surface area contributed by atoms with E-state index < -0.39 is 0 Å². The number of rotatable bonds is 10. The van der Waals surface area contributed by atoms with Crippen LogP contribution in [0.2, 0.25) is 0 Å². The van der Waals surface area contributed by atoms with Crippen molar-refractivity contribution >= 4 is 16.8 Å². The van der Waals surface area contributed by atoms with Crippen LogP contribution >= 0.6 is 0 Å². The van der Waals surface area contributed by atoms with E-state index in [-0.39, 0.29) is 11.5 Å². The van der Waals surface area contributed by atoms with Gasteiger partial charge in [0.1, 0.15) is 5.75 Å². The molecule has 0 aliphatic heterocycles. The smallest absolute Gasteiger partial charge is 0.248 e. The summed E-state index contributed by atoms with van der Waals surface area (Å²) < 4.78 is 16.3. The van der Waals surface area contributed by atoms with E-state index in [1.807, 2.05) is 43.4 Å². The normalized spacial score (nSPS) is 10.7. The molecule has 0 saturated carbocycles. The summed E-state index contributed by atoms with van der Waals surface area (Å²) in [5.74, 6) is 2.18. The van der Waals surface area contributed by atoms with Gasteiger partial charge < -0.3 is 24.1 Å². The number of fused-ring (bicyclic) bond motifs is 1. The number of pyridine rings is 1. The number of carbonyl (C=O) groups is 1. The van der Waals surface area contributed by atoms with Crippen molar-refractivity contribution in [3.63, 3.8) is 0 Å². The quantitative estimate of drug-likeness (QED) is 0.505. The minimum Gasteiger partial charge on any atom is -0.494 e. The molecule has 0 saturated heterocycles. The van der Waals surface area contributed by atoms with Gasteiger partial charge >= 0.3 is 0 Å². The van der Waals surface area contributed by atoms with Crippen LogP contribution in [0.4, 0.5) is 0 Å². The Morgan fingerprint density at radius 3 is 2.58 bits per heavy atom. The van der Waals surface area contributed by atoms with Crippen molar-refractivity contribution in [3.05, 3.63) is 64.4 Å². The van der Waals surface area contributed by atoms with Gasteiger partial charge in [-0.3, -0.25) is 9.59 Å². The van der Waals surface area contributed by atoms with Gasteiger partial charge in [-0.05, 0) is 54.8 Å². The Labute approximate surface area is 181 Å². The Kier molecular flexibility index (Phi) is 7.54. The highest BCUT2D eigenvalue weighted by Gasteiger charge is 2.10. The summed E-state index contributed by atoms with van der Waals surface area (Å²) in [5, 5.41) is 0.906. The van der Waals surface area contributed by atoms with Gasteiger partial charge in [0.2, 0.25) is 11.5 Å². The molecule has 0 aliphatic carbocycles. The van der Waals surface area contributed by atoms with Crippen molar-refractivity contribution in [1.29, 1.82) is 0 Å². The summed E-state index contributed by atoms with van der Waals surface area (Å²) in [6, 6.07) is 14.5. The Bertz CT molecular complexity index is 1090. The molecule has 0 atom stereocenters. The molecular weight excluding hydrogens is 396 g/mol. The lowest BCUT2D eigenvalue weighted by atomic mass is 10.1. The first kappa shape index (κ1) is 22.2. The van der Waals surface area contributed by atoms with E-state index in [4.69, 9.17) is 14.2 Å². The number of H-pyrrole nitrogens is 1. The third kappa shape index (κ3) is 6.01. The zero-order valence-electron chi connectivity index (χ0n) is 18.1. The van der Waals surface area contributed by atoms with Crippen molar-refractivity contribution in [2.24, 2.45) is 0 Å². The van der Waals surface area contributed by atoms with E-state index in [1.165, 1.54) is 6.07 Å². The highest BCUT2D eigenvalue weighted by molar-refractivity contribution is 5.79. The van der Waals surface area contributed by atoms with Gasteiger partial charge in [0.25, 0.3) is 0 Å². The number of nitrogens with zero attached hydrogens (tertiary/aromatic N) is 1. The Morgan fingerprint density at radius 2 is 1.81 bits per heavy atom. The molecule has 0 radical (unpaired) electrons. The number of methoxy groups -OCH3 is 2. The van der Waals surface area contributed by atoms with Crippen LogP contribution in [0.25, 0.3) is 10.9 Å². The second kappa shape index (κ2) is 10.5. The number of amides is 1. The minimum atomic E-state index is -0.130. The van der Waals surface area contributed by atoms with E-state index in [2.05, 4.69) is 4.98 Å². The number of hydrogen-bond acceptors (Lipinski definition) is 5. The van der Waals surface area contributed by atoms with E-state index in [0.717, 1.165) is 22.9 Å². The lowest BCUT2D eigenvalue weighted by Crippen LogP contribution is -2.28. The van der Waals surface area contributed by atoms with Crippen molar-refractivity contribution in [1.82, 2.24) is 9.88 Å². The molecule has 7 heteroatoms. The van der Waals surface area contributed by atoms with Gasteiger partial charge in [-0.1, -0.05) is 6.07 Å². The predicted octanol–water partition coefficient (Wildman–Crippen LogP) is 3.41. The number of aromatic amines is 1. The molecule has 3 aromatic rings. The standard InChI is InChI=1S/C24H28N2O5/c1-26(13-12-17-6-10-21(29-2)22(15-17)30-3)24(28)5-4-14-31-19-8-9-20-18(16-19)7-11-23(27)25-20/h6-11,15-16H,4-5,12-14H2,1-3H3,(H,25,27). The SMILES string of the molecule is COc1ccc(CCN(C)C(=O)CCCOc2ccc3[nH]c(=O)ccc3c2)cc1OC. The van der Waals surface area contributed by atoms with Crippen molar-refractivity contribution in [2.45, 2.75) is 19.3 Å². The number of benzene rings is 2. The largest absolute Gasteiger partial charge is 0.494 e. The highest BCUT2D eigenvalue weighted by Crippen LogP contribution is 2.27. The lowest BCUT2D eigenvalue weighted by molar-refractivity contribution is -0.130. The fraction of sp³-hybridized carbons (Fsp3) is 0.333. The molecular formula is C24H28N2O5. The van der Waals surface area contributed by atoms with Gasteiger partial charge in [0.05, 0.1) is 20.8 Å². The second-order valence-corrected chi connectivity index (χ2v) is 7.28. The van der Waals surface area contributed by atoms with Gasteiger partial charge in [-0.2, -0.15) is 0 Å². The number of likely N-dealkylation sites (N-methyl/N-ethyl adjacent to an activating group) is 1. The van der Waals surface area contributed by atoms with E-state index in [9.17, 15) is 9.59 Å². The molecule has 1 aromatic heterocycles. The maximum absolute atomic E-state index is 12.4. The maximum atomic E-state index is 12.4. The van der Waals surface area contributed by atoms with Crippen LogP contribution in [0.1, 0.15) is 18.4 Å². The Morgan fingerprint density at radius 1 is 1.00 bits per heavy atom. The van der Waals surface area contributed by atoms with E-state index >= 15 is 0 Å². The summed E-state index contributed by atoms with van der Waals surface area (Å²) in [4.78, 5) is 28.3. The summed E-state index contributed by atoms with van der Waals surface area (Å²) in [6.45, 7) is 1.07. The van der Waals surface area contributed by atoms with Gasteiger partial charge in [-0.15, -0.1) is 0 Å². The first-order valence-corrected chi connectivity index (χ1v) is 10.2. The minimum absolute atomic E-state index is 0.0835. The average Bonchev–Trinajstić information content (AvgIpc) is 2.79. The summed E-state index contributed by atoms with van der Waals surface area (Å²) >= 11 is 0. The molecule has 1 amide bonds. The highest BCUT2D eigenvalue weighted by atomic mass is 16.5. The molecule has 0 unspecified atom stereocenters. The lowest BCUT2D eigenvalue weighted by Gasteiger charge is -2.18. The molecule has 1 heterocycles. The molecule has 0 aliphatic rings. The molecule has 0 spiro atoms. The van der Waals surface area contributed by atoms with Crippen LogP contribution in [0, 0.1) is 0 Å². The van der Waals surface area contributed by atoms with Crippen molar-refractivity contribution < 1.29 is 19.0 Å². The zero-order chi connectivity index (χ0) is 22.2. The molecule has 2 aromatic carbocycles. The van der Waals surface area contributed by atoms with E-state index in [1.54, 1.807) is 25.2 Å². The fourth-order valence-electron chi connectivity index (χ4n) is 3.28. The van der Waals surface area contributed by atoms with Crippen LogP contribution in [-0.2, 0) is 11.2 Å². The second-order valence-electron chi connectivity index (χ2n) is 7.28. The van der Waals surface area contributed by atoms with Gasteiger partial charge in [-0.25, -0.2) is 0 Å². The Hall–Kier alpha value is -3.48. The van der Waals surface area contributed by atoms with Crippen molar-refractivity contribution in [2.75, 3.05) is 34.4 Å². The van der Waals surface area contributed by atoms with Crippen LogP contribution in [0.3, 0.4) is 0 Å². The van der Waals surface area contributed by atoms with Crippen LogP contribution in [0.5, 0.6) is 17.2 Å². The monoisotopic (exact) mass is 424 g/mol. The van der Waals surface area contributed by atoms with Crippen LogP contribution in [0.15, 0.2) is 53.3 Å².